The summed E-state index contributed by atoms with van der Waals surface area (Å²) >= 11 is 0. The van der Waals surface area contributed by atoms with Crippen molar-refractivity contribution in [1.29, 1.82) is 0 Å². The van der Waals surface area contributed by atoms with Crippen LogP contribution in [0.2, 0.25) is 0 Å². The average Bonchev–Trinajstić information content (AvgIpc) is 2.33. The number of rotatable bonds is 3. The van der Waals surface area contributed by atoms with Crippen LogP contribution in [0.1, 0.15) is 36.8 Å². The van der Waals surface area contributed by atoms with Crippen molar-refractivity contribution in [2.45, 2.75) is 44.1 Å². The third-order valence-electron chi connectivity index (χ3n) is 4.06. The van der Waals surface area contributed by atoms with Gasteiger partial charge in [-0.1, -0.05) is 29.8 Å². The van der Waals surface area contributed by atoms with Gasteiger partial charge in [-0.05, 0) is 45.2 Å². The van der Waals surface area contributed by atoms with Gasteiger partial charge in [0, 0.05) is 12.0 Å². The van der Waals surface area contributed by atoms with Crippen LogP contribution in [0.15, 0.2) is 24.3 Å². The minimum absolute atomic E-state index is 0.0928. The monoisotopic (exact) mass is 233 g/mol. The maximum Gasteiger partial charge on any atom is 0.0541 e. The molecule has 0 unspecified atom stereocenters. The first kappa shape index (κ1) is 12.6. The Hall–Kier alpha value is -0.860. The van der Waals surface area contributed by atoms with Gasteiger partial charge in [0.05, 0.1) is 6.10 Å². The molecule has 0 atom stereocenters. The molecule has 1 aliphatic carbocycles. The summed E-state index contributed by atoms with van der Waals surface area (Å²) in [5.41, 5.74) is 2.97. The largest absolute Gasteiger partial charge is 0.393 e. The molecule has 1 saturated carbocycles. The molecule has 94 valence electrons. The standard InChI is InChI=1S/C15H23NO/c1-12-4-3-5-13(10-12)15(11-16-2)8-6-14(17)7-9-15/h3-5,10,14,16-17H,6-9,11H2,1-2H3. The highest BCUT2D eigenvalue weighted by Crippen LogP contribution is 2.39. The summed E-state index contributed by atoms with van der Waals surface area (Å²) in [7, 11) is 2.02. The molecule has 2 N–H and O–H groups in total. The number of likely N-dealkylation sites (N-methyl/N-ethyl adjacent to an activating group) is 1. The fourth-order valence-corrected chi connectivity index (χ4v) is 3.04. The third kappa shape index (κ3) is 2.70. The summed E-state index contributed by atoms with van der Waals surface area (Å²) < 4.78 is 0. The van der Waals surface area contributed by atoms with Crippen molar-refractivity contribution in [1.82, 2.24) is 5.32 Å². The summed E-state index contributed by atoms with van der Waals surface area (Å²) in [5.74, 6) is 0. The lowest BCUT2D eigenvalue weighted by Crippen LogP contribution is -2.41. The fraction of sp³-hybridized carbons (Fsp3) is 0.600. The maximum atomic E-state index is 9.69. The van der Waals surface area contributed by atoms with Crippen molar-refractivity contribution >= 4 is 0 Å². The molecule has 0 aliphatic heterocycles. The molecule has 0 saturated heterocycles. The van der Waals surface area contributed by atoms with Gasteiger partial charge in [0.1, 0.15) is 0 Å². The Balaban J connectivity index is 2.27. The number of aliphatic hydroxyl groups excluding tert-OH is 1. The SMILES string of the molecule is CNCC1(c2cccc(C)c2)CCC(O)CC1. The van der Waals surface area contributed by atoms with Gasteiger partial charge in [0.15, 0.2) is 0 Å². The Bertz CT molecular complexity index is 367. The molecule has 1 aromatic carbocycles. The molecule has 1 fully saturated rings. The van der Waals surface area contributed by atoms with Gasteiger partial charge >= 0.3 is 0 Å². The van der Waals surface area contributed by atoms with E-state index in [-0.39, 0.29) is 11.5 Å². The van der Waals surface area contributed by atoms with E-state index in [4.69, 9.17) is 0 Å². The molecule has 2 rings (SSSR count). The van der Waals surface area contributed by atoms with Crippen LogP contribution in [-0.2, 0) is 5.41 Å². The summed E-state index contributed by atoms with van der Waals surface area (Å²) in [4.78, 5) is 0. The number of aliphatic hydroxyl groups is 1. The lowest BCUT2D eigenvalue weighted by Gasteiger charge is -2.39. The molecular formula is C15H23NO. The Morgan fingerprint density at radius 2 is 2.06 bits per heavy atom. The number of hydrogen-bond donors (Lipinski definition) is 2. The second-order valence-electron chi connectivity index (χ2n) is 5.41. The van der Waals surface area contributed by atoms with E-state index in [0.29, 0.717) is 0 Å². The van der Waals surface area contributed by atoms with E-state index in [2.05, 4.69) is 36.5 Å². The Morgan fingerprint density at radius 1 is 1.35 bits per heavy atom. The Morgan fingerprint density at radius 3 is 2.65 bits per heavy atom. The summed E-state index contributed by atoms with van der Waals surface area (Å²) in [6.07, 6.45) is 3.92. The molecule has 0 bridgehead atoms. The minimum Gasteiger partial charge on any atom is -0.393 e. The number of benzene rings is 1. The van der Waals surface area contributed by atoms with Crippen LogP contribution in [-0.4, -0.2) is 24.8 Å². The number of nitrogens with one attached hydrogen (secondary N) is 1. The summed E-state index contributed by atoms with van der Waals surface area (Å²) in [5, 5.41) is 13.0. The fourth-order valence-electron chi connectivity index (χ4n) is 3.04. The van der Waals surface area contributed by atoms with Crippen LogP contribution in [0, 0.1) is 6.92 Å². The molecule has 17 heavy (non-hydrogen) atoms. The van der Waals surface area contributed by atoms with Gasteiger partial charge in [-0.3, -0.25) is 0 Å². The highest BCUT2D eigenvalue weighted by molar-refractivity contribution is 5.31. The number of aryl methyl sites for hydroxylation is 1. The molecule has 2 heteroatoms. The molecule has 0 amide bonds. The Kier molecular flexibility index (Phi) is 3.85. The van der Waals surface area contributed by atoms with Gasteiger partial charge in [0.2, 0.25) is 0 Å². The lowest BCUT2D eigenvalue weighted by molar-refractivity contribution is 0.0952. The van der Waals surface area contributed by atoms with Crippen molar-refractivity contribution < 1.29 is 5.11 Å². The predicted octanol–water partition coefficient (Wildman–Crippen LogP) is 2.39. The normalized spacial score (nSPS) is 29.2. The van der Waals surface area contributed by atoms with Crippen molar-refractivity contribution in [3.05, 3.63) is 35.4 Å². The van der Waals surface area contributed by atoms with E-state index < -0.39 is 0 Å². The molecular weight excluding hydrogens is 210 g/mol. The average molecular weight is 233 g/mol. The van der Waals surface area contributed by atoms with Gasteiger partial charge in [-0.25, -0.2) is 0 Å². The smallest absolute Gasteiger partial charge is 0.0541 e. The first-order valence-electron chi connectivity index (χ1n) is 6.56. The first-order valence-corrected chi connectivity index (χ1v) is 6.56. The van der Waals surface area contributed by atoms with E-state index in [1.165, 1.54) is 11.1 Å². The molecule has 0 spiro atoms. The highest BCUT2D eigenvalue weighted by Gasteiger charge is 2.35. The molecule has 2 nitrogen and oxygen atoms in total. The maximum absolute atomic E-state index is 9.69. The van der Waals surface area contributed by atoms with E-state index in [1.807, 2.05) is 7.05 Å². The quantitative estimate of drug-likeness (QED) is 0.840. The van der Waals surface area contributed by atoms with Crippen LogP contribution in [0.4, 0.5) is 0 Å². The zero-order valence-electron chi connectivity index (χ0n) is 10.9. The summed E-state index contributed by atoms with van der Waals surface area (Å²) in [6.45, 7) is 3.15. The topological polar surface area (TPSA) is 32.3 Å². The molecule has 0 aromatic heterocycles. The molecule has 0 radical (unpaired) electrons. The molecule has 1 aliphatic rings. The van der Waals surface area contributed by atoms with Crippen LogP contribution in [0.5, 0.6) is 0 Å². The van der Waals surface area contributed by atoms with Crippen LogP contribution in [0.3, 0.4) is 0 Å². The van der Waals surface area contributed by atoms with E-state index in [0.717, 1.165) is 32.2 Å². The second-order valence-corrected chi connectivity index (χ2v) is 5.41. The van der Waals surface area contributed by atoms with Crippen molar-refractivity contribution in [2.75, 3.05) is 13.6 Å². The van der Waals surface area contributed by atoms with Gasteiger partial charge in [-0.2, -0.15) is 0 Å². The van der Waals surface area contributed by atoms with E-state index in [9.17, 15) is 5.11 Å². The third-order valence-corrected chi connectivity index (χ3v) is 4.06. The lowest BCUT2D eigenvalue weighted by atomic mass is 9.68. The first-order chi connectivity index (χ1) is 8.16. The Labute approximate surface area is 104 Å². The minimum atomic E-state index is -0.0928. The van der Waals surface area contributed by atoms with Crippen LogP contribution in [0.25, 0.3) is 0 Å². The zero-order chi connectivity index (χ0) is 12.3. The van der Waals surface area contributed by atoms with Crippen molar-refractivity contribution in [3.63, 3.8) is 0 Å². The van der Waals surface area contributed by atoms with E-state index in [1.54, 1.807) is 0 Å². The van der Waals surface area contributed by atoms with Crippen molar-refractivity contribution in [2.24, 2.45) is 0 Å². The van der Waals surface area contributed by atoms with Gasteiger partial charge in [-0.15, -0.1) is 0 Å². The molecule has 0 heterocycles. The van der Waals surface area contributed by atoms with Gasteiger partial charge in [0.25, 0.3) is 0 Å². The summed E-state index contributed by atoms with van der Waals surface area (Å²) in [6, 6.07) is 8.83. The van der Waals surface area contributed by atoms with Crippen LogP contribution < -0.4 is 5.32 Å². The molecule has 1 aromatic rings. The zero-order valence-corrected chi connectivity index (χ0v) is 10.9. The van der Waals surface area contributed by atoms with Crippen LogP contribution >= 0.6 is 0 Å². The van der Waals surface area contributed by atoms with E-state index >= 15 is 0 Å². The van der Waals surface area contributed by atoms with Crippen molar-refractivity contribution in [3.8, 4) is 0 Å². The highest BCUT2D eigenvalue weighted by atomic mass is 16.3. The number of hydrogen-bond acceptors (Lipinski definition) is 2. The predicted molar refractivity (Wildman–Crippen MR) is 71.3 cm³/mol. The van der Waals surface area contributed by atoms with Gasteiger partial charge < -0.3 is 10.4 Å². The second kappa shape index (κ2) is 5.19.